The molecule has 0 fully saturated rings. The first-order valence-electron chi connectivity index (χ1n) is 9.21. The zero-order valence-corrected chi connectivity index (χ0v) is 15.7. The Hall–Kier alpha value is -3.62. The second kappa shape index (κ2) is 8.02. The van der Waals surface area contributed by atoms with Crippen molar-refractivity contribution in [2.75, 3.05) is 0 Å². The lowest BCUT2D eigenvalue weighted by Gasteiger charge is -2.11. The SMILES string of the molecule is O=c1c2cccc(-c3ccc(OC(F)(F)F)cc3)c2ncn1CCCn1ccnc1. The number of nitrogens with zero attached hydrogens (tertiary/aromatic N) is 4. The molecule has 0 unspecified atom stereocenters. The van der Waals surface area contributed by atoms with Crippen LogP contribution in [-0.4, -0.2) is 25.5 Å². The lowest BCUT2D eigenvalue weighted by Crippen LogP contribution is -2.21. The predicted octanol–water partition coefficient (Wildman–Crippen LogP) is 4.25. The Labute approximate surface area is 169 Å². The summed E-state index contributed by atoms with van der Waals surface area (Å²) in [5.74, 6) is -0.306. The third kappa shape index (κ3) is 4.35. The topological polar surface area (TPSA) is 61.9 Å². The zero-order chi connectivity index (χ0) is 21.1. The van der Waals surface area contributed by atoms with E-state index in [1.807, 2.05) is 10.8 Å². The van der Waals surface area contributed by atoms with Gasteiger partial charge >= 0.3 is 6.36 Å². The molecular weight excluding hydrogens is 397 g/mol. The van der Waals surface area contributed by atoms with E-state index in [1.165, 1.54) is 30.6 Å². The second-order valence-corrected chi connectivity index (χ2v) is 6.67. The summed E-state index contributed by atoms with van der Waals surface area (Å²) in [5, 5.41) is 0.452. The standard InChI is InChI=1S/C21H17F3N4O2/c22-21(23,24)30-16-7-5-15(6-8-16)17-3-1-4-18-19(17)26-14-28(20(18)29)11-2-10-27-12-9-25-13-27/h1,3-9,12-14H,2,10-11H2. The second-order valence-electron chi connectivity index (χ2n) is 6.67. The molecular formula is C21H17F3N4O2. The summed E-state index contributed by atoms with van der Waals surface area (Å²) in [5.41, 5.74) is 1.64. The van der Waals surface area contributed by atoms with Gasteiger partial charge in [-0.25, -0.2) is 9.97 Å². The first kappa shape index (κ1) is 19.7. The average Bonchev–Trinajstić information content (AvgIpc) is 3.22. The molecule has 4 aromatic rings. The normalized spacial score (nSPS) is 11.7. The Kier molecular flexibility index (Phi) is 5.26. The van der Waals surface area contributed by atoms with Gasteiger partial charge in [-0.2, -0.15) is 0 Å². The molecule has 0 aliphatic heterocycles. The van der Waals surface area contributed by atoms with Crippen molar-refractivity contribution in [3.05, 3.63) is 77.9 Å². The maximum atomic E-state index is 12.9. The van der Waals surface area contributed by atoms with Gasteiger partial charge in [-0.05, 0) is 30.2 Å². The summed E-state index contributed by atoms with van der Waals surface area (Å²) in [4.78, 5) is 21.3. The molecule has 2 aromatic carbocycles. The summed E-state index contributed by atoms with van der Waals surface area (Å²) in [6.07, 6.45) is 2.78. The van der Waals surface area contributed by atoms with Gasteiger partial charge in [0.1, 0.15) is 5.75 Å². The molecule has 0 aliphatic carbocycles. The smallest absolute Gasteiger partial charge is 0.406 e. The van der Waals surface area contributed by atoms with Crippen molar-refractivity contribution >= 4 is 10.9 Å². The van der Waals surface area contributed by atoms with Crippen LogP contribution in [0.25, 0.3) is 22.0 Å². The fourth-order valence-electron chi connectivity index (χ4n) is 3.26. The van der Waals surface area contributed by atoms with E-state index < -0.39 is 6.36 Å². The maximum absolute atomic E-state index is 12.9. The van der Waals surface area contributed by atoms with Crippen LogP contribution >= 0.6 is 0 Å². The van der Waals surface area contributed by atoms with Gasteiger partial charge in [0.05, 0.1) is 23.6 Å². The van der Waals surface area contributed by atoms with Crippen LogP contribution in [0.1, 0.15) is 6.42 Å². The van der Waals surface area contributed by atoms with E-state index >= 15 is 0 Å². The third-order valence-electron chi connectivity index (χ3n) is 4.63. The van der Waals surface area contributed by atoms with E-state index in [1.54, 1.807) is 35.3 Å². The van der Waals surface area contributed by atoms with Crippen molar-refractivity contribution in [2.45, 2.75) is 25.9 Å². The van der Waals surface area contributed by atoms with Crippen molar-refractivity contribution in [1.29, 1.82) is 0 Å². The fourth-order valence-corrected chi connectivity index (χ4v) is 3.26. The molecule has 0 radical (unpaired) electrons. The van der Waals surface area contributed by atoms with E-state index in [2.05, 4.69) is 14.7 Å². The number of para-hydroxylation sites is 1. The van der Waals surface area contributed by atoms with E-state index in [-0.39, 0.29) is 11.3 Å². The first-order chi connectivity index (χ1) is 14.4. The van der Waals surface area contributed by atoms with Crippen molar-refractivity contribution < 1.29 is 17.9 Å². The summed E-state index contributed by atoms with van der Waals surface area (Å²) >= 11 is 0. The number of ether oxygens (including phenoxy) is 1. The number of aryl methyl sites for hydroxylation is 2. The van der Waals surface area contributed by atoms with Crippen LogP contribution in [-0.2, 0) is 13.1 Å². The van der Waals surface area contributed by atoms with Gasteiger partial charge in [0.2, 0.25) is 0 Å². The molecule has 2 aromatic heterocycles. The highest BCUT2D eigenvalue weighted by Crippen LogP contribution is 2.29. The van der Waals surface area contributed by atoms with Crippen LogP contribution in [0.5, 0.6) is 5.75 Å². The summed E-state index contributed by atoms with van der Waals surface area (Å²) in [6, 6.07) is 10.7. The fraction of sp³-hybridized carbons (Fsp3) is 0.190. The van der Waals surface area contributed by atoms with E-state index in [0.29, 0.717) is 28.6 Å². The lowest BCUT2D eigenvalue weighted by molar-refractivity contribution is -0.274. The van der Waals surface area contributed by atoms with Crippen molar-refractivity contribution in [3.63, 3.8) is 0 Å². The zero-order valence-electron chi connectivity index (χ0n) is 15.7. The van der Waals surface area contributed by atoms with E-state index in [9.17, 15) is 18.0 Å². The molecule has 0 saturated carbocycles. The minimum Gasteiger partial charge on any atom is -0.406 e. The summed E-state index contributed by atoms with van der Waals surface area (Å²) in [6.45, 7) is 1.24. The first-order valence-corrected chi connectivity index (χ1v) is 9.21. The van der Waals surface area contributed by atoms with Crippen LogP contribution in [0, 0.1) is 0 Å². The van der Waals surface area contributed by atoms with E-state index in [4.69, 9.17) is 0 Å². The predicted molar refractivity (Wildman–Crippen MR) is 105 cm³/mol. The molecule has 2 heterocycles. The molecule has 0 N–H and O–H groups in total. The van der Waals surface area contributed by atoms with Gasteiger partial charge in [0.25, 0.3) is 5.56 Å². The minimum atomic E-state index is -4.74. The molecule has 0 bridgehead atoms. The Bertz CT molecular complexity index is 1200. The molecule has 0 aliphatic rings. The average molecular weight is 414 g/mol. The Morgan fingerprint density at radius 2 is 1.80 bits per heavy atom. The van der Waals surface area contributed by atoms with Gasteiger partial charge in [-0.15, -0.1) is 13.2 Å². The highest BCUT2D eigenvalue weighted by atomic mass is 19.4. The van der Waals surface area contributed by atoms with Crippen LogP contribution in [0.2, 0.25) is 0 Å². The third-order valence-corrected chi connectivity index (χ3v) is 4.63. The molecule has 9 heteroatoms. The van der Waals surface area contributed by atoms with Crippen LogP contribution in [0.3, 0.4) is 0 Å². The number of hydrogen-bond donors (Lipinski definition) is 0. The molecule has 0 amide bonds. The van der Waals surface area contributed by atoms with Crippen molar-refractivity contribution in [3.8, 4) is 16.9 Å². The molecule has 0 spiro atoms. The quantitative estimate of drug-likeness (QED) is 0.473. The van der Waals surface area contributed by atoms with Crippen molar-refractivity contribution in [2.24, 2.45) is 0 Å². The van der Waals surface area contributed by atoms with Crippen LogP contribution in [0.15, 0.2) is 72.3 Å². The molecule has 4 rings (SSSR count). The number of halogens is 3. The number of rotatable bonds is 6. The molecule has 154 valence electrons. The number of fused-ring (bicyclic) bond motifs is 1. The number of hydrogen-bond acceptors (Lipinski definition) is 4. The largest absolute Gasteiger partial charge is 0.573 e. The summed E-state index contributed by atoms with van der Waals surface area (Å²) < 4.78 is 44.4. The number of imidazole rings is 1. The summed E-state index contributed by atoms with van der Waals surface area (Å²) in [7, 11) is 0. The highest BCUT2D eigenvalue weighted by Gasteiger charge is 2.31. The monoisotopic (exact) mass is 414 g/mol. The van der Waals surface area contributed by atoms with Crippen molar-refractivity contribution in [1.82, 2.24) is 19.1 Å². The van der Waals surface area contributed by atoms with Gasteiger partial charge < -0.3 is 9.30 Å². The van der Waals surface area contributed by atoms with Gasteiger partial charge in [-0.3, -0.25) is 9.36 Å². The van der Waals surface area contributed by atoms with Gasteiger partial charge in [0.15, 0.2) is 0 Å². The lowest BCUT2D eigenvalue weighted by atomic mass is 10.0. The maximum Gasteiger partial charge on any atom is 0.573 e. The number of alkyl halides is 3. The van der Waals surface area contributed by atoms with Gasteiger partial charge in [0, 0.05) is 31.0 Å². The number of benzene rings is 2. The molecule has 6 nitrogen and oxygen atoms in total. The van der Waals surface area contributed by atoms with E-state index in [0.717, 1.165) is 13.0 Å². The Morgan fingerprint density at radius 1 is 1.00 bits per heavy atom. The Morgan fingerprint density at radius 3 is 2.50 bits per heavy atom. The minimum absolute atomic E-state index is 0.162. The number of aromatic nitrogens is 4. The van der Waals surface area contributed by atoms with Crippen LogP contribution in [0.4, 0.5) is 13.2 Å². The molecule has 0 atom stereocenters. The molecule has 0 saturated heterocycles. The molecule has 30 heavy (non-hydrogen) atoms. The highest BCUT2D eigenvalue weighted by molar-refractivity contribution is 5.93. The Balaban J connectivity index is 1.59. The van der Waals surface area contributed by atoms with Crippen LogP contribution < -0.4 is 10.3 Å². The van der Waals surface area contributed by atoms with Gasteiger partial charge in [-0.1, -0.05) is 24.3 Å².